The van der Waals surface area contributed by atoms with E-state index >= 15 is 4.39 Å². The van der Waals surface area contributed by atoms with Gasteiger partial charge in [-0.15, -0.1) is 0 Å². The Hall–Kier alpha value is -4.73. The molecule has 332 valence electrons. The molecule has 0 unspecified atom stereocenters. The number of piperazine rings is 1. The van der Waals surface area contributed by atoms with Gasteiger partial charge < -0.3 is 29.5 Å². The van der Waals surface area contributed by atoms with E-state index in [1.807, 2.05) is 17.0 Å². The first-order valence-corrected chi connectivity index (χ1v) is 22.9. The van der Waals surface area contributed by atoms with E-state index in [9.17, 15) is 24.0 Å². The zero-order chi connectivity index (χ0) is 43.0. The predicted octanol–water partition coefficient (Wildman–Crippen LogP) is 4.04. The Labute approximate surface area is 361 Å². The molecule has 15 heteroatoms. The molecule has 1 atom stereocenters. The van der Waals surface area contributed by atoms with Crippen LogP contribution in [0.15, 0.2) is 47.3 Å². The Morgan fingerprint density at radius 1 is 0.855 bits per heavy atom. The lowest BCUT2D eigenvalue weighted by atomic mass is 9.62. The molecule has 7 fully saturated rings. The summed E-state index contributed by atoms with van der Waals surface area (Å²) < 4.78 is 27.5. The lowest BCUT2D eigenvalue weighted by molar-refractivity contribution is -0.145. The van der Waals surface area contributed by atoms with Crippen LogP contribution < -0.4 is 10.9 Å². The molecular formula is C47H60FN7O7. The third-order valence-electron chi connectivity index (χ3n) is 14.6. The molecule has 62 heavy (non-hydrogen) atoms. The highest BCUT2D eigenvalue weighted by Crippen LogP contribution is 2.57. The number of H-pyrrole nitrogens is 1. The van der Waals surface area contributed by atoms with Crippen molar-refractivity contribution in [1.29, 1.82) is 0 Å². The SMILES string of the molecule is CC12CC(C(=O)N[C@@H](C(=O)N3CCC(OC4CCN(CC(=O)N5CCN(C(=O)c6cc(Cc7n[nH]c(=O)c8ccccc78)ccc6F)CC5)CC4)CC3)C3CCCCC3)(CO1)C2. The number of rotatable bonds is 11. The number of amides is 4. The second kappa shape index (κ2) is 17.8. The Balaban J connectivity index is 0.701. The van der Waals surface area contributed by atoms with Crippen LogP contribution in [0.5, 0.6) is 0 Å². The number of aromatic amines is 1. The number of carbonyl (C=O) groups excluding carboxylic acids is 4. The summed E-state index contributed by atoms with van der Waals surface area (Å²) in [5.74, 6) is -0.783. The fraction of sp³-hybridized carbons (Fsp3) is 0.617. The Morgan fingerprint density at radius 3 is 2.19 bits per heavy atom. The van der Waals surface area contributed by atoms with Gasteiger partial charge in [0.05, 0.1) is 53.0 Å². The zero-order valence-electron chi connectivity index (χ0n) is 35.9. The van der Waals surface area contributed by atoms with Gasteiger partial charge in [-0.3, -0.25) is 28.9 Å². The minimum Gasteiger partial charge on any atom is -0.375 e. The number of hydrogen-bond acceptors (Lipinski definition) is 9. The standard InChI is InChI=1S/C47H60FN7O7/c1-46-28-47(29-46,30-61-46)45(60)49-41(32-7-3-2-4-8-32)44(59)54-19-15-34(16-20-54)62-33-13-17-52(18-14-33)27-40(56)53-21-23-55(24-22-53)43(58)37-25-31(11-12-38(37)48)26-39-35-9-5-6-10-36(35)42(57)51-50-39/h5-6,9-12,25,32-34,41H,2-4,7-8,13-24,26-30H2,1H3,(H,49,60)(H,51,57)/t41-,46?,47?/m1/s1. The highest BCUT2D eigenvalue weighted by Gasteiger charge is 2.64. The number of benzene rings is 2. The van der Waals surface area contributed by atoms with Crippen molar-refractivity contribution >= 4 is 34.4 Å². The molecule has 10 rings (SSSR count). The number of nitrogens with one attached hydrogen (secondary N) is 2. The van der Waals surface area contributed by atoms with E-state index in [-0.39, 0.29) is 52.6 Å². The van der Waals surface area contributed by atoms with Crippen LogP contribution in [-0.4, -0.2) is 143 Å². The number of halogens is 1. The average Bonchev–Trinajstić information content (AvgIpc) is 3.83. The molecule has 0 radical (unpaired) electrons. The summed E-state index contributed by atoms with van der Waals surface area (Å²) in [6.07, 6.45) is 10.5. The van der Waals surface area contributed by atoms with Gasteiger partial charge in [0.15, 0.2) is 0 Å². The normalized spacial score (nSPS) is 25.7. The fourth-order valence-corrected chi connectivity index (χ4v) is 11.1. The molecule has 7 aliphatic rings. The summed E-state index contributed by atoms with van der Waals surface area (Å²) in [6, 6.07) is 11.2. The predicted molar refractivity (Wildman–Crippen MR) is 229 cm³/mol. The first-order valence-electron chi connectivity index (χ1n) is 22.9. The van der Waals surface area contributed by atoms with Gasteiger partial charge in [0.25, 0.3) is 11.5 Å². The van der Waals surface area contributed by atoms with E-state index in [2.05, 4.69) is 27.3 Å². The number of hydrogen-bond donors (Lipinski definition) is 2. The van der Waals surface area contributed by atoms with Crippen molar-refractivity contribution in [3.8, 4) is 0 Å². The zero-order valence-corrected chi connectivity index (χ0v) is 35.9. The minimum atomic E-state index is -0.606. The van der Waals surface area contributed by atoms with Gasteiger partial charge in [0.2, 0.25) is 17.7 Å². The van der Waals surface area contributed by atoms with Crippen molar-refractivity contribution in [2.45, 2.75) is 108 Å². The smallest absolute Gasteiger partial charge is 0.272 e. The van der Waals surface area contributed by atoms with Crippen molar-refractivity contribution in [3.63, 3.8) is 0 Å². The Bertz CT molecular complexity index is 2210. The second-order valence-electron chi connectivity index (χ2n) is 19.1. The molecule has 2 N–H and O–H groups in total. The third-order valence-corrected chi connectivity index (χ3v) is 14.6. The highest BCUT2D eigenvalue weighted by atomic mass is 19.1. The number of aromatic nitrogens is 2. The minimum absolute atomic E-state index is 0.0117. The van der Waals surface area contributed by atoms with Crippen molar-refractivity contribution in [2.75, 3.05) is 65.5 Å². The number of ether oxygens (including phenoxy) is 2. The first kappa shape index (κ1) is 42.6. The van der Waals surface area contributed by atoms with Crippen LogP contribution in [0.4, 0.5) is 4.39 Å². The molecule has 14 nitrogen and oxygen atoms in total. The van der Waals surface area contributed by atoms with Gasteiger partial charge >= 0.3 is 0 Å². The monoisotopic (exact) mass is 853 g/mol. The summed E-state index contributed by atoms with van der Waals surface area (Å²) in [5, 5.41) is 11.2. The molecule has 2 bridgehead atoms. The number of carbonyl (C=O) groups is 4. The summed E-state index contributed by atoms with van der Waals surface area (Å²) in [7, 11) is 0. The number of piperidine rings is 2. The Kier molecular flexibility index (Phi) is 12.2. The van der Waals surface area contributed by atoms with Crippen molar-refractivity contribution in [2.24, 2.45) is 11.3 Å². The molecule has 4 amide bonds. The maximum absolute atomic E-state index is 15.1. The van der Waals surface area contributed by atoms with Crippen LogP contribution in [0.3, 0.4) is 0 Å². The first-order chi connectivity index (χ1) is 30.0. The van der Waals surface area contributed by atoms with Crippen molar-refractivity contribution < 1.29 is 33.0 Å². The molecule has 2 saturated carbocycles. The Morgan fingerprint density at radius 2 is 1.52 bits per heavy atom. The summed E-state index contributed by atoms with van der Waals surface area (Å²) >= 11 is 0. The summed E-state index contributed by atoms with van der Waals surface area (Å²) in [4.78, 5) is 74.3. The molecule has 5 aliphatic heterocycles. The van der Waals surface area contributed by atoms with Crippen molar-refractivity contribution in [1.82, 2.24) is 35.1 Å². The lowest BCUT2D eigenvalue weighted by Gasteiger charge is -2.43. The van der Waals surface area contributed by atoms with Crippen LogP contribution >= 0.6 is 0 Å². The molecule has 3 aromatic rings. The molecule has 2 aliphatic carbocycles. The second-order valence-corrected chi connectivity index (χ2v) is 19.1. The van der Waals surface area contributed by atoms with Gasteiger partial charge in [0, 0.05) is 64.2 Å². The average molecular weight is 854 g/mol. The number of nitrogens with zero attached hydrogens (tertiary/aromatic N) is 5. The van der Waals surface area contributed by atoms with E-state index < -0.39 is 23.2 Å². The van der Waals surface area contributed by atoms with Crippen LogP contribution in [0.2, 0.25) is 0 Å². The van der Waals surface area contributed by atoms with Crippen LogP contribution in [-0.2, 0) is 30.3 Å². The summed E-state index contributed by atoms with van der Waals surface area (Å²) in [5.41, 5.74) is 0.348. The molecule has 0 spiro atoms. The van der Waals surface area contributed by atoms with Crippen LogP contribution in [0, 0.1) is 17.2 Å². The van der Waals surface area contributed by atoms with E-state index in [0.717, 1.165) is 77.3 Å². The van der Waals surface area contributed by atoms with E-state index in [1.54, 1.807) is 34.1 Å². The maximum atomic E-state index is 15.1. The molecular weight excluding hydrogens is 794 g/mol. The highest BCUT2D eigenvalue weighted by molar-refractivity contribution is 5.95. The largest absolute Gasteiger partial charge is 0.375 e. The molecule has 5 saturated heterocycles. The van der Waals surface area contributed by atoms with Gasteiger partial charge in [0.1, 0.15) is 11.9 Å². The topological polar surface area (TPSA) is 157 Å². The van der Waals surface area contributed by atoms with Gasteiger partial charge in [-0.1, -0.05) is 43.5 Å². The molecule has 2 aromatic carbocycles. The van der Waals surface area contributed by atoms with Crippen LogP contribution in [0.1, 0.15) is 99.2 Å². The van der Waals surface area contributed by atoms with Crippen LogP contribution in [0.25, 0.3) is 10.8 Å². The lowest BCUT2D eigenvalue weighted by Crippen LogP contribution is -2.59. The van der Waals surface area contributed by atoms with E-state index in [4.69, 9.17) is 9.47 Å². The maximum Gasteiger partial charge on any atom is 0.272 e. The third kappa shape index (κ3) is 8.90. The number of fused-ring (bicyclic) bond motifs is 2. The molecule has 6 heterocycles. The molecule has 1 aromatic heterocycles. The fourth-order valence-electron chi connectivity index (χ4n) is 11.1. The van der Waals surface area contributed by atoms with Crippen molar-refractivity contribution in [3.05, 3.63) is 75.5 Å². The van der Waals surface area contributed by atoms with Gasteiger partial charge in [-0.25, -0.2) is 9.49 Å². The number of likely N-dealkylation sites (tertiary alicyclic amines) is 2. The van der Waals surface area contributed by atoms with E-state index in [1.165, 1.54) is 12.5 Å². The van der Waals surface area contributed by atoms with Gasteiger partial charge in [-0.2, -0.15) is 5.10 Å². The van der Waals surface area contributed by atoms with E-state index in [0.29, 0.717) is 80.9 Å². The quantitative estimate of drug-likeness (QED) is 0.291. The summed E-state index contributed by atoms with van der Waals surface area (Å²) in [6.45, 7) is 6.94. The van der Waals surface area contributed by atoms with Gasteiger partial charge in [-0.05, 0) is 88.0 Å².